The summed E-state index contributed by atoms with van der Waals surface area (Å²) in [6.07, 6.45) is 3.21. The van der Waals surface area contributed by atoms with Crippen molar-refractivity contribution in [2.24, 2.45) is 0 Å². The molecule has 2 rings (SSSR count). The monoisotopic (exact) mass is 314 g/mol. The largest absolute Gasteiger partial charge is 0.391 e. The smallest absolute Gasteiger partial charge is 0.292 e. The normalized spacial score (nSPS) is 23.7. The van der Waals surface area contributed by atoms with Crippen LogP contribution in [0, 0.1) is 10.1 Å². The quantitative estimate of drug-likeness (QED) is 0.664. The summed E-state index contributed by atoms with van der Waals surface area (Å²) in [6, 6.07) is 4.67. The molecule has 1 fully saturated rings. The Labute approximate surface area is 113 Å². The zero-order chi connectivity index (χ0) is 13.1. The number of nitrogens with zero attached hydrogens (tertiary/aromatic N) is 1. The average molecular weight is 315 g/mol. The van der Waals surface area contributed by atoms with Crippen LogP contribution in [-0.4, -0.2) is 22.2 Å². The summed E-state index contributed by atoms with van der Waals surface area (Å²) in [5.41, 5.74) is 0.497. The lowest BCUT2D eigenvalue weighted by Gasteiger charge is -2.29. The second-order valence-electron chi connectivity index (χ2n) is 4.52. The molecule has 1 aliphatic rings. The van der Waals surface area contributed by atoms with Crippen LogP contribution in [0.4, 0.5) is 11.4 Å². The van der Waals surface area contributed by atoms with Gasteiger partial charge in [0.1, 0.15) is 5.69 Å². The van der Waals surface area contributed by atoms with Crippen LogP contribution in [-0.2, 0) is 0 Å². The van der Waals surface area contributed by atoms with Crippen molar-refractivity contribution >= 4 is 27.3 Å². The summed E-state index contributed by atoms with van der Waals surface area (Å²) in [5, 5.41) is 23.9. The second-order valence-corrected chi connectivity index (χ2v) is 5.44. The lowest BCUT2D eigenvalue weighted by molar-refractivity contribution is -0.384. The van der Waals surface area contributed by atoms with Gasteiger partial charge in [0.25, 0.3) is 5.69 Å². The fourth-order valence-electron chi connectivity index (χ4n) is 2.26. The summed E-state index contributed by atoms with van der Waals surface area (Å²) < 4.78 is 0.779. The molecular formula is C12H15BrN2O3. The Kier molecular flexibility index (Phi) is 4.19. The first-order valence-corrected chi connectivity index (χ1v) is 6.76. The van der Waals surface area contributed by atoms with Gasteiger partial charge >= 0.3 is 0 Å². The fourth-order valence-corrected chi connectivity index (χ4v) is 2.62. The van der Waals surface area contributed by atoms with E-state index in [1.165, 1.54) is 6.07 Å². The number of hydrogen-bond acceptors (Lipinski definition) is 4. The van der Waals surface area contributed by atoms with Gasteiger partial charge in [0.05, 0.1) is 17.1 Å². The maximum absolute atomic E-state index is 10.9. The molecule has 0 amide bonds. The number of nitro groups is 1. The molecule has 0 bridgehead atoms. The van der Waals surface area contributed by atoms with E-state index < -0.39 is 11.0 Å². The van der Waals surface area contributed by atoms with Gasteiger partial charge in [-0.2, -0.15) is 0 Å². The van der Waals surface area contributed by atoms with Crippen molar-refractivity contribution in [2.45, 2.75) is 37.8 Å². The third-order valence-electron chi connectivity index (χ3n) is 3.23. The maximum atomic E-state index is 10.9. The van der Waals surface area contributed by atoms with Crippen molar-refractivity contribution in [3.63, 3.8) is 0 Å². The molecular weight excluding hydrogens is 300 g/mol. The van der Waals surface area contributed by atoms with Crippen molar-refractivity contribution in [3.8, 4) is 0 Å². The van der Waals surface area contributed by atoms with E-state index in [-0.39, 0.29) is 11.7 Å². The Bertz CT molecular complexity index is 453. The van der Waals surface area contributed by atoms with Gasteiger partial charge in [-0.1, -0.05) is 28.8 Å². The van der Waals surface area contributed by atoms with Crippen LogP contribution in [0.25, 0.3) is 0 Å². The molecule has 0 heterocycles. The Balaban J connectivity index is 2.21. The van der Waals surface area contributed by atoms with Crippen LogP contribution >= 0.6 is 15.9 Å². The van der Waals surface area contributed by atoms with E-state index in [0.29, 0.717) is 5.69 Å². The molecule has 0 spiro atoms. The average Bonchev–Trinajstić information content (AvgIpc) is 2.32. The number of rotatable bonds is 3. The Hall–Kier alpha value is -1.14. The lowest BCUT2D eigenvalue weighted by atomic mass is 9.92. The molecule has 2 atom stereocenters. The Morgan fingerprint density at radius 3 is 2.78 bits per heavy atom. The van der Waals surface area contributed by atoms with E-state index in [1.54, 1.807) is 12.1 Å². The molecule has 1 aromatic carbocycles. The first-order chi connectivity index (χ1) is 8.58. The third-order valence-corrected chi connectivity index (χ3v) is 3.72. The van der Waals surface area contributed by atoms with E-state index >= 15 is 0 Å². The third kappa shape index (κ3) is 3.00. The van der Waals surface area contributed by atoms with Gasteiger partial charge in [-0.15, -0.1) is 0 Å². The minimum Gasteiger partial charge on any atom is -0.391 e. The van der Waals surface area contributed by atoms with E-state index in [0.717, 1.165) is 30.2 Å². The van der Waals surface area contributed by atoms with Crippen LogP contribution in [0.5, 0.6) is 0 Å². The molecule has 0 aliphatic heterocycles. The van der Waals surface area contributed by atoms with Gasteiger partial charge in [-0.25, -0.2) is 0 Å². The Morgan fingerprint density at radius 1 is 1.39 bits per heavy atom. The summed E-state index contributed by atoms with van der Waals surface area (Å²) in [6.45, 7) is 0. The van der Waals surface area contributed by atoms with Crippen molar-refractivity contribution in [2.75, 3.05) is 5.32 Å². The molecule has 2 N–H and O–H groups in total. The van der Waals surface area contributed by atoms with Gasteiger partial charge < -0.3 is 10.4 Å². The van der Waals surface area contributed by atoms with Crippen molar-refractivity contribution in [1.82, 2.24) is 0 Å². The topological polar surface area (TPSA) is 75.4 Å². The summed E-state index contributed by atoms with van der Waals surface area (Å²) in [4.78, 5) is 10.5. The highest BCUT2D eigenvalue weighted by atomic mass is 79.9. The SMILES string of the molecule is O=[N+]([O-])c1ccc(Br)cc1NC1CCCCC1O. The zero-order valence-electron chi connectivity index (χ0n) is 9.80. The minimum absolute atomic E-state index is 0.0379. The molecule has 0 saturated heterocycles. The van der Waals surface area contributed by atoms with Crippen LogP contribution < -0.4 is 5.32 Å². The molecule has 0 radical (unpaired) electrons. The van der Waals surface area contributed by atoms with Gasteiger partial charge in [-0.05, 0) is 25.0 Å². The molecule has 0 aromatic heterocycles. The number of aliphatic hydroxyl groups is 1. The number of halogens is 1. The first-order valence-electron chi connectivity index (χ1n) is 5.96. The van der Waals surface area contributed by atoms with Gasteiger partial charge in [0.15, 0.2) is 0 Å². The maximum Gasteiger partial charge on any atom is 0.292 e. The molecule has 2 unspecified atom stereocenters. The van der Waals surface area contributed by atoms with Gasteiger partial charge in [0.2, 0.25) is 0 Å². The van der Waals surface area contributed by atoms with Crippen LogP contribution in [0.3, 0.4) is 0 Å². The number of nitrogens with one attached hydrogen (secondary N) is 1. The fraction of sp³-hybridized carbons (Fsp3) is 0.500. The molecule has 5 nitrogen and oxygen atoms in total. The van der Waals surface area contributed by atoms with Crippen LogP contribution in [0.1, 0.15) is 25.7 Å². The van der Waals surface area contributed by atoms with Crippen LogP contribution in [0.15, 0.2) is 22.7 Å². The van der Waals surface area contributed by atoms with Gasteiger partial charge in [-0.3, -0.25) is 10.1 Å². The predicted octanol–water partition coefficient (Wildman–Crippen LogP) is 3.07. The van der Waals surface area contributed by atoms with Gasteiger partial charge in [0, 0.05) is 10.5 Å². The molecule has 1 saturated carbocycles. The molecule has 1 aliphatic carbocycles. The van der Waals surface area contributed by atoms with E-state index in [1.807, 2.05) is 0 Å². The molecule has 1 aromatic rings. The first kappa shape index (κ1) is 13.3. The molecule has 6 heteroatoms. The van der Waals surface area contributed by atoms with E-state index in [4.69, 9.17) is 0 Å². The van der Waals surface area contributed by atoms with E-state index in [2.05, 4.69) is 21.2 Å². The highest BCUT2D eigenvalue weighted by Crippen LogP contribution is 2.31. The van der Waals surface area contributed by atoms with Crippen molar-refractivity contribution in [1.29, 1.82) is 0 Å². The summed E-state index contributed by atoms with van der Waals surface area (Å²) in [5.74, 6) is 0. The minimum atomic E-state index is -0.433. The van der Waals surface area contributed by atoms with Crippen molar-refractivity contribution < 1.29 is 10.0 Å². The number of hydrogen-bond donors (Lipinski definition) is 2. The molecule has 18 heavy (non-hydrogen) atoms. The van der Waals surface area contributed by atoms with E-state index in [9.17, 15) is 15.2 Å². The highest BCUT2D eigenvalue weighted by Gasteiger charge is 2.25. The number of aliphatic hydroxyl groups excluding tert-OH is 1. The van der Waals surface area contributed by atoms with Crippen molar-refractivity contribution in [3.05, 3.63) is 32.8 Å². The lowest BCUT2D eigenvalue weighted by Crippen LogP contribution is -2.36. The Morgan fingerprint density at radius 2 is 2.11 bits per heavy atom. The summed E-state index contributed by atoms with van der Waals surface area (Å²) >= 11 is 3.30. The highest BCUT2D eigenvalue weighted by molar-refractivity contribution is 9.10. The summed E-state index contributed by atoms with van der Waals surface area (Å²) in [7, 11) is 0. The number of nitro benzene ring substituents is 1. The second kappa shape index (κ2) is 5.67. The molecule has 98 valence electrons. The number of anilines is 1. The number of benzene rings is 1. The predicted molar refractivity (Wildman–Crippen MR) is 72.7 cm³/mol. The zero-order valence-corrected chi connectivity index (χ0v) is 11.4. The van der Waals surface area contributed by atoms with Crippen LogP contribution in [0.2, 0.25) is 0 Å². The standard InChI is InChI=1S/C12H15BrN2O3/c13-8-5-6-11(15(17)18)10(7-8)14-9-3-1-2-4-12(9)16/h5-7,9,12,14,16H,1-4H2.